The van der Waals surface area contributed by atoms with Gasteiger partial charge in [-0.3, -0.25) is 0 Å². The Bertz CT molecular complexity index is 142. The molecule has 1 fully saturated rings. The Morgan fingerprint density at radius 3 is 2.08 bits per heavy atom. The molecule has 0 radical (unpaired) electrons. The minimum Gasteiger partial charge on any atom is -0.394 e. The average molecular weight is 172 g/mol. The van der Waals surface area contributed by atoms with Crippen LogP contribution in [0, 0.1) is 17.8 Å². The average Bonchev–Trinajstić information content (AvgIpc) is 2.08. The molecule has 0 aromatic heterocycles. The van der Waals surface area contributed by atoms with Gasteiger partial charge in [0.25, 0.3) is 0 Å². The number of hydrogen-bond donors (Lipinski definition) is 1. The fourth-order valence-corrected chi connectivity index (χ4v) is 1.98. The van der Waals surface area contributed by atoms with Gasteiger partial charge in [-0.1, -0.05) is 20.8 Å². The van der Waals surface area contributed by atoms with Crippen molar-refractivity contribution in [2.75, 3.05) is 6.61 Å². The highest BCUT2D eigenvalue weighted by atomic mass is 16.5. The lowest BCUT2D eigenvalue weighted by atomic mass is 9.77. The maximum atomic E-state index is 9.06. The summed E-state index contributed by atoms with van der Waals surface area (Å²) in [6.07, 6.45) is 0.333. The first-order valence-corrected chi connectivity index (χ1v) is 4.84. The van der Waals surface area contributed by atoms with Crippen LogP contribution in [0.15, 0.2) is 0 Å². The molecule has 1 saturated heterocycles. The Morgan fingerprint density at radius 2 is 1.58 bits per heavy atom. The van der Waals surface area contributed by atoms with Crippen LogP contribution in [0.2, 0.25) is 0 Å². The number of aliphatic hydroxyl groups is 1. The fourth-order valence-electron chi connectivity index (χ4n) is 1.98. The molecule has 0 bridgehead atoms. The minimum absolute atomic E-state index is 0.0474. The van der Waals surface area contributed by atoms with Crippen molar-refractivity contribution in [2.45, 2.75) is 39.9 Å². The van der Waals surface area contributed by atoms with Crippen LogP contribution in [0.3, 0.4) is 0 Å². The lowest BCUT2D eigenvalue weighted by molar-refractivity contribution is -0.140. The van der Waals surface area contributed by atoms with Crippen LogP contribution in [-0.2, 0) is 4.74 Å². The maximum Gasteiger partial charge on any atom is 0.0837 e. The van der Waals surface area contributed by atoms with Gasteiger partial charge in [0.1, 0.15) is 0 Å². The Kier molecular flexibility index (Phi) is 3.13. The molecule has 0 unspecified atom stereocenters. The number of aliphatic hydroxyl groups excluding tert-OH is 1. The fraction of sp³-hybridized carbons (Fsp3) is 1.00. The Balaban J connectivity index is 2.63. The van der Waals surface area contributed by atoms with Gasteiger partial charge in [0, 0.05) is 0 Å². The Hall–Kier alpha value is -0.0800. The van der Waals surface area contributed by atoms with Gasteiger partial charge in [0.2, 0.25) is 0 Å². The van der Waals surface area contributed by atoms with Crippen molar-refractivity contribution in [2.24, 2.45) is 17.8 Å². The highest BCUT2D eigenvalue weighted by Crippen LogP contribution is 2.34. The van der Waals surface area contributed by atoms with Gasteiger partial charge in [-0.05, 0) is 24.7 Å². The van der Waals surface area contributed by atoms with E-state index in [9.17, 15) is 0 Å². The van der Waals surface area contributed by atoms with E-state index in [-0.39, 0.29) is 18.8 Å². The van der Waals surface area contributed by atoms with Gasteiger partial charge in [0.15, 0.2) is 0 Å². The van der Waals surface area contributed by atoms with E-state index < -0.39 is 0 Å². The molecule has 5 atom stereocenters. The van der Waals surface area contributed by atoms with E-state index in [1.54, 1.807) is 0 Å². The van der Waals surface area contributed by atoms with Gasteiger partial charge in [-0.15, -0.1) is 0 Å². The minimum atomic E-state index is 0.0474. The van der Waals surface area contributed by atoms with Gasteiger partial charge < -0.3 is 9.84 Å². The second-order valence-electron chi connectivity index (χ2n) is 4.14. The topological polar surface area (TPSA) is 29.5 Å². The third-order valence-corrected chi connectivity index (χ3v) is 3.55. The summed E-state index contributed by atoms with van der Waals surface area (Å²) in [7, 11) is 0. The van der Waals surface area contributed by atoms with Crippen molar-refractivity contribution in [1.82, 2.24) is 0 Å². The summed E-state index contributed by atoms with van der Waals surface area (Å²) in [6, 6.07) is 0. The first-order valence-electron chi connectivity index (χ1n) is 4.84. The van der Waals surface area contributed by atoms with E-state index >= 15 is 0 Å². The normalized spacial score (nSPS) is 49.2. The van der Waals surface area contributed by atoms with Crippen LogP contribution in [0.1, 0.15) is 27.7 Å². The third kappa shape index (κ3) is 1.64. The second-order valence-corrected chi connectivity index (χ2v) is 4.14. The Labute approximate surface area is 74.9 Å². The first-order chi connectivity index (χ1) is 5.57. The molecule has 0 aliphatic carbocycles. The van der Waals surface area contributed by atoms with Crippen LogP contribution >= 0.6 is 0 Å². The second kappa shape index (κ2) is 3.75. The van der Waals surface area contributed by atoms with Crippen molar-refractivity contribution in [1.29, 1.82) is 0 Å². The van der Waals surface area contributed by atoms with Crippen molar-refractivity contribution in [3.05, 3.63) is 0 Å². The summed E-state index contributed by atoms with van der Waals surface area (Å²) in [5.74, 6) is 1.72. The lowest BCUT2D eigenvalue weighted by Crippen LogP contribution is -2.44. The molecule has 1 aliphatic rings. The zero-order chi connectivity index (χ0) is 9.30. The van der Waals surface area contributed by atoms with E-state index in [1.165, 1.54) is 0 Å². The highest BCUT2D eigenvalue weighted by molar-refractivity contribution is 4.83. The van der Waals surface area contributed by atoms with Crippen LogP contribution in [0.5, 0.6) is 0 Å². The monoisotopic (exact) mass is 172 g/mol. The summed E-state index contributed by atoms with van der Waals surface area (Å²) >= 11 is 0. The van der Waals surface area contributed by atoms with Crippen molar-refractivity contribution in [3.8, 4) is 0 Å². The molecule has 1 N–H and O–H groups in total. The predicted molar refractivity (Wildman–Crippen MR) is 48.9 cm³/mol. The molecular formula is C10H20O2. The third-order valence-electron chi connectivity index (χ3n) is 3.55. The molecule has 1 heterocycles. The molecule has 72 valence electrons. The summed E-state index contributed by atoms with van der Waals surface area (Å²) in [4.78, 5) is 0. The van der Waals surface area contributed by atoms with Crippen molar-refractivity contribution < 1.29 is 9.84 Å². The van der Waals surface area contributed by atoms with Crippen molar-refractivity contribution in [3.63, 3.8) is 0 Å². The SMILES string of the molecule is C[C@@H]1[C@@H](C)[C@@H](C)O[C@H](CO)[C@H]1C. The number of hydrogen-bond acceptors (Lipinski definition) is 2. The van der Waals surface area contributed by atoms with Crippen LogP contribution in [0.25, 0.3) is 0 Å². The van der Waals surface area contributed by atoms with E-state index in [2.05, 4.69) is 27.7 Å². The quantitative estimate of drug-likeness (QED) is 0.652. The molecule has 0 aromatic rings. The zero-order valence-electron chi connectivity index (χ0n) is 8.45. The van der Waals surface area contributed by atoms with E-state index in [0.717, 1.165) is 0 Å². The molecule has 0 spiro atoms. The standard InChI is InChI=1S/C10H20O2/c1-6-7(2)9(4)12-10(5-11)8(6)3/h6-11H,5H2,1-4H3/t6-,7-,8+,9-,10-/m1/s1. The molecule has 0 saturated carbocycles. The predicted octanol–water partition coefficient (Wildman–Crippen LogP) is 1.67. The molecule has 2 nitrogen and oxygen atoms in total. The van der Waals surface area contributed by atoms with E-state index in [4.69, 9.17) is 9.84 Å². The molecule has 0 amide bonds. The number of ether oxygens (including phenoxy) is 1. The zero-order valence-corrected chi connectivity index (χ0v) is 8.45. The molecule has 1 rings (SSSR count). The summed E-state index contributed by atoms with van der Waals surface area (Å²) in [5, 5.41) is 9.06. The molecule has 1 aliphatic heterocycles. The van der Waals surface area contributed by atoms with Gasteiger partial charge in [-0.2, -0.15) is 0 Å². The molecule has 12 heavy (non-hydrogen) atoms. The lowest BCUT2D eigenvalue weighted by Gasteiger charge is -2.41. The van der Waals surface area contributed by atoms with Gasteiger partial charge in [0.05, 0.1) is 18.8 Å². The molecule has 2 heteroatoms. The van der Waals surface area contributed by atoms with Gasteiger partial charge in [-0.25, -0.2) is 0 Å². The maximum absolute atomic E-state index is 9.06. The van der Waals surface area contributed by atoms with E-state index in [0.29, 0.717) is 17.8 Å². The van der Waals surface area contributed by atoms with Crippen molar-refractivity contribution >= 4 is 0 Å². The first kappa shape index (κ1) is 10.0. The smallest absolute Gasteiger partial charge is 0.0837 e. The van der Waals surface area contributed by atoms with Crippen LogP contribution < -0.4 is 0 Å². The Morgan fingerprint density at radius 1 is 1.00 bits per heavy atom. The number of rotatable bonds is 1. The summed E-state index contributed by atoms with van der Waals surface area (Å²) in [5.41, 5.74) is 0. The summed E-state index contributed by atoms with van der Waals surface area (Å²) in [6.45, 7) is 8.88. The van der Waals surface area contributed by atoms with Crippen LogP contribution in [-0.4, -0.2) is 23.9 Å². The molecule has 0 aromatic carbocycles. The molecular weight excluding hydrogens is 152 g/mol. The van der Waals surface area contributed by atoms with Crippen LogP contribution in [0.4, 0.5) is 0 Å². The van der Waals surface area contributed by atoms with Gasteiger partial charge >= 0.3 is 0 Å². The largest absolute Gasteiger partial charge is 0.394 e. The summed E-state index contributed by atoms with van der Waals surface area (Å²) < 4.78 is 5.68. The highest BCUT2D eigenvalue weighted by Gasteiger charge is 2.36. The van der Waals surface area contributed by atoms with E-state index in [1.807, 2.05) is 0 Å².